The number of amides is 2. The molecular formula is C25H30ClN3O2. The minimum atomic E-state index is -0.939. The molecule has 0 bridgehead atoms. The van der Waals surface area contributed by atoms with Gasteiger partial charge in [-0.25, -0.2) is 4.79 Å². The SMILES string of the molecule is CN(C)CC1CN(C(=O)Nc2ccc3ccccc3c2)CCC1(O)c1ccccc1.Cl. The Bertz CT molecular complexity index is 1030. The second kappa shape index (κ2) is 9.69. The molecule has 0 spiro atoms. The van der Waals surface area contributed by atoms with Crippen molar-refractivity contribution in [3.05, 3.63) is 78.4 Å². The number of hydrogen-bond donors (Lipinski definition) is 2. The third-order valence-corrected chi connectivity index (χ3v) is 6.03. The predicted octanol–water partition coefficient (Wildman–Crippen LogP) is 4.56. The van der Waals surface area contributed by atoms with Gasteiger partial charge in [0.05, 0.1) is 5.60 Å². The molecule has 164 valence electrons. The number of halogens is 1. The number of aliphatic hydroxyl groups is 1. The molecule has 1 heterocycles. The normalized spacial score (nSPS) is 21.0. The standard InChI is InChI=1S/C25H29N3O2.ClH/c1-27(2)17-22-18-28(15-14-25(22,30)21-10-4-3-5-11-21)24(29)26-23-13-12-19-8-6-7-9-20(19)16-23;/h3-13,16,22,30H,14-15,17-18H2,1-2H3,(H,26,29);1H. The van der Waals surface area contributed by atoms with Crippen LogP contribution in [0.3, 0.4) is 0 Å². The maximum absolute atomic E-state index is 13.0. The van der Waals surface area contributed by atoms with Gasteiger partial charge in [-0.2, -0.15) is 0 Å². The molecule has 0 saturated carbocycles. The van der Waals surface area contributed by atoms with Crippen molar-refractivity contribution in [2.24, 2.45) is 5.92 Å². The third-order valence-electron chi connectivity index (χ3n) is 6.03. The number of likely N-dealkylation sites (tertiary alicyclic amines) is 1. The number of rotatable bonds is 4. The van der Waals surface area contributed by atoms with Crippen molar-refractivity contribution < 1.29 is 9.90 Å². The molecule has 3 aromatic rings. The highest BCUT2D eigenvalue weighted by molar-refractivity contribution is 5.93. The number of hydrogen-bond acceptors (Lipinski definition) is 3. The Morgan fingerprint density at radius 1 is 1.06 bits per heavy atom. The second-order valence-corrected chi connectivity index (χ2v) is 8.44. The van der Waals surface area contributed by atoms with Gasteiger partial charge in [-0.05, 0) is 49.0 Å². The quantitative estimate of drug-likeness (QED) is 0.626. The van der Waals surface area contributed by atoms with Crippen molar-refractivity contribution in [2.75, 3.05) is 39.0 Å². The fourth-order valence-electron chi connectivity index (χ4n) is 4.43. The molecule has 0 aromatic heterocycles. The zero-order chi connectivity index (χ0) is 21.1. The van der Waals surface area contributed by atoms with Crippen LogP contribution >= 0.6 is 12.4 Å². The lowest BCUT2D eigenvalue weighted by molar-refractivity contribution is -0.0749. The molecule has 1 aliphatic rings. The maximum Gasteiger partial charge on any atom is 0.321 e. The molecule has 1 saturated heterocycles. The average molecular weight is 440 g/mol. The molecule has 3 aromatic carbocycles. The molecule has 2 atom stereocenters. The van der Waals surface area contributed by atoms with Gasteiger partial charge in [-0.15, -0.1) is 12.4 Å². The predicted molar refractivity (Wildman–Crippen MR) is 129 cm³/mol. The van der Waals surface area contributed by atoms with Gasteiger partial charge in [0, 0.05) is 31.2 Å². The van der Waals surface area contributed by atoms with Gasteiger partial charge in [0.1, 0.15) is 0 Å². The van der Waals surface area contributed by atoms with E-state index in [0.29, 0.717) is 26.1 Å². The molecule has 1 aliphatic heterocycles. The summed E-state index contributed by atoms with van der Waals surface area (Å²) in [5.74, 6) is -0.0778. The van der Waals surface area contributed by atoms with Crippen molar-refractivity contribution >= 4 is 34.9 Å². The number of urea groups is 1. The van der Waals surface area contributed by atoms with Gasteiger partial charge in [-0.3, -0.25) is 0 Å². The van der Waals surface area contributed by atoms with Crippen LogP contribution in [-0.4, -0.2) is 54.7 Å². The summed E-state index contributed by atoms with van der Waals surface area (Å²) in [6.07, 6.45) is 0.515. The minimum Gasteiger partial charge on any atom is -0.385 e. The lowest BCUT2D eigenvalue weighted by atomic mass is 9.75. The first-order chi connectivity index (χ1) is 14.5. The summed E-state index contributed by atoms with van der Waals surface area (Å²) in [5.41, 5.74) is 0.767. The van der Waals surface area contributed by atoms with E-state index in [-0.39, 0.29) is 24.4 Å². The first-order valence-corrected chi connectivity index (χ1v) is 10.4. The summed E-state index contributed by atoms with van der Waals surface area (Å²) < 4.78 is 0. The molecule has 2 unspecified atom stereocenters. The highest BCUT2D eigenvalue weighted by Gasteiger charge is 2.44. The summed E-state index contributed by atoms with van der Waals surface area (Å²) >= 11 is 0. The van der Waals surface area contributed by atoms with Crippen LogP contribution in [-0.2, 0) is 5.60 Å². The van der Waals surface area contributed by atoms with Crippen molar-refractivity contribution in [3.63, 3.8) is 0 Å². The Kier molecular flexibility index (Phi) is 7.21. The molecule has 5 nitrogen and oxygen atoms in total. The second-order valence-electron chi connectivity index (χ2n) is 8.44. The van der Waals surface area contributed by atoms with Crippen molar-refractivity contribution in [1.82, 2.24) is 9.80 Å². The highest BCUT2D eigenvalue weighted by Crippen LogP contribution is 2.38. The molecule has 31 heavy (non-hydrogen) atoms. The Morgan fingerprint density at radius 2 is 1.74 bits per heavy atom. The number of fused-ring (bicyclic) bond motifs is 1. The molecule has 2 amide bonds. The van der Waals surface area contributed by atoms with Crippen LogP contribution in [0.1, 0.15) is 12.0 Å². The topological polar surface area (TPSA) is 55.8 Å². The van der Waals surface area contributed by atoms with E-state index in [1.54, 1.807) is 0 Å². The zero-order valence-electron chi connectivity index (χ0n) is 18.0. The molecule has 0 aliphatic carbocycles. The number of nitrogens with one attached hydrogen (secondary N) is 1. The van der Waals surface area contributed by atoms with Crippen molar-refractivity contribution in [2.45, 2.75) is 12.0 Å². The van der Waals surface area contributed by atoms with E-state index in [1.807, 2.05) is 85.7 Å². The molecule has 4 rings (SSSR count). The van der Waals surface area contributed by atoms with E-state index in [9.17, 15) is 9.90 Å². The lowest BCUT2D eigenvalue weighted by Crippen LogP contribution is -2.55. The Balaban J connectivity index is 0.00000272. The van der Waals surface area contributed by atoms with Crippen LogP contribution < -0.4 is 5.32 Å². The number of carbonyl (C=O) groups excluding carboxylic acids is 1. The molecule has 6 heteroatoms. The third kappa shape index (κ3) is 5.01. The van der Waals surface area contributed by atoms with Gasteiger partial charge in [0.15, 0.2) is 0 Å². The largest absolute Gasteiger partial charge is 0.385 e. The van der Waals surface area contributed by atoms with Crippen LogP contribution in [0.25, 0.3) is 10.8 Å². The van der Waals surface area contributed by atoms with E-state index >= 15 is 0 Å². The Morgan fingerprint density at radius 3 is 2.45 bits per heavy atom. The number of piperidine rings is 1. The van der Waals surface area contributed by atoms with Gasteiger partial charge >= 0.3 is 6.03 Å². The van der Waals surface area contributed by atoms with Gasteiger partial charge in [0.25, 0.3) is 0 Å². The average Bonchev–Trinajstić information content (AvgIpc) is 2.75. The maximum atomic E-state index is 13.0. The molecule has 0 radical (unpaired) electrons. The highest BCUT2D eigenvalue weighted by atomic mass is 35.5. The van der Waals surface area contributed by atoms with E-state index in [2.05, 4.69) is 16.3 Å². The number of anilines is 1. The number of nitrogens with zero attached hydrogens (tertiary/aromatic N) is 2. The summed E-state index contributed by atoms with van der Waals surface area (Å²) in [6.45, 7) is 1.71. The Labute approximate surface area is 190 Å². The smallest absolute Gasteiger partial charge is 0.321 e. The molecule has 2 N–H and O–H groups in total. The van der Waals surface area contributed by atoms with Crippen LogP contribution in [0, 0.1) is 5.92 Å². The first-order valence-electron chi connectivity index (χ1n) is 10.4. The van der Waals surface area contributed by atoms with E-state index in [1.165, 1.54) is 0 Å². The minimum absolute atomic E-state index is 0. The monoisotopic (exact) mass is 439 g/mol. The lowest BCUT2D eigenvalue weighted by Gasteiger charge is -2.45. The fourth-order valence-corrected chi connectivity index (χ4v) is 4.43. The van der Waals surface area contributed by atoms with E-state index in [0.717, 1.165) is 22.0 Å². The van der Waals surface area contributed by atoms with Crippen LogP contribution in [0.15, 0.2) is 72.8 Å². The first kappa shape index (κ1) is 23.1. The summed E-state index contributed by atoms with van der Waals surface area (Å²) in [4.78, 5) is 16.9. The Hall–Kier alpha value is -2.60. The van der Waals surface area contributed by atoms with Gasteiger partial charge in [0.2, 0.25) is 0 Å². The number of benzene rings is 3. The molecular weight excluding hydrogens is 410 g/mol. The molecule has 1 fully saturated rings. The van der Waals surface area contributed by atoms with Crippen LogP contribution in [0.5, 0.6) is 0 Å². The van der Waals surface area contributed by atoms with Crippen molar-refractivity contribution in [3.8, 4) is 0 Å². The zero-order valence-corrected chi connectivity index (χ0v) is 18.8. The summed E-state index contributed by atoms with van der Waals surface area (Å²) in [7, 11) is 4.00. The van der Waals surface area contributed by atoms with E-state index < -0.39 is 5.60 Å². The fraction of sp³-hybridized carbons (Fsp3) is 0.320. The van der Waals surface area contributed by atoms with Crippen molar-refractivity contribution in [1.29, 1.82) is 0 Å². The number of carbonyl (C=O) groups is 1. The van der Waals surface area contributed by atoms with Crippen LogP contribution in [0.2, 0.25) is 0 Å². The van der Waals surface area contributed by atoms with Gasteiger partial charge < -0.3 is 20.2 Å². The van der Waals surface area contributed by atoms with Crippen LogP contribution in [0.4, 0.5) is 10.5 Å². The summed E-state index contributed by atoms with van der Waals surface area (Å²) in [5, 5.41) is 16.9. The summed E-state index contributed by atoms with van der Waals surface area (Å²) in [6, 6.07) is 23.8. The van der Waals surface area contributed by atoms with E-state index in [4.69, 9.17) is 0 Å². The van der Waals surface area contributed by atoms with Gasteiger partial charge in [-0.1, -0.05) is 60.7 Å².